The van der Waals surface area contributed by atoms with Gasteiger partial charge in [0.15, 0.2) is 5.82 Å². The van der Waals surface area contributed by atoms with Gasteiger partial charge < -0.3 is 10.2 Å². The molecule has 0 saturated carbocycles. The van der Waals surface area contributed by atoms with Gasteiger partial charge in [0.25, 0.3) is 5.82 Å². The lowest BCUT2D eigenvalue weighted by Gasteiger charge is -2.25. The highest BCUT2D eigenvalue weighted by Gasteiger charge is 2.38. The number of aryl methyl sites for hydroxylation is 2. The molecule has 12 heteroatoms. The van der Waals surface area contributed by atoms with E-state index in [4.69, 9.17) is 0 Å². The second kappa shape index (κ2) is 11.0. The Labute approximate surface area is 238 Å². The zero-order chi connectivity index (χ0) is 29.5. The Balaban J connectivity index is 1.32. The minimum Gasteiger partial charge on any atom is -0.324 e. The van der Waals surface area contributed by atoms with Crippen LogP contribution in [0.5, 0.6) is 0 Å². The quantitative estimate of drug-likeness (QED) is 0.194. The summed E-state index contributed by atoms with van der Waals surface area (Å²) in [6, 6.07) is 15.3. The van der Waals surface area contributed by atoms with E-state index in [-0.39, 0.29) is 23.0 Å². The number of benzene rings is 2. The topological polar surface area (TPSA) is 58.9 Å². The van der Waals surface area contributed by atoms with Crippen molar-refractivity contribution in [3.8, 4) is 17.1 Å². The highest BCUT2D eigenvalue weighted by Crippen LogP contribution is 2.37. The summed E-state index contributed by atoms with van der Waals surface area (Å²) in [7, 11) is 0. The summed E-state index contributed by atoms with van der Waals surface area (Å²) in [5.41, 5.74) is 1.72. The molecule has 1 aliphatic heterocycles. The van der Waals surface area contributed by atoms with Crippen LogP contribution in [-0.2, 0) is 25.2 Å². The molecule has 0 spiro atoms. The van der Waals surface area contributed by atoms with Crippen LogP contribution in [0.25, 0.3) is 17.1 Å². The van der Waals surface area contributed by atoms with Gasteiger partial charge in [-0.15, -0.1) is 5.10 Å². The Hall–Kier alpha value is -3.93. The van der Waals surface area contributed by atoms with Crippen molar-refractivity contribution in [2.45, 2.75) is 56.9 Å². The molecular weight excluding hydrogens is 558 g/mol. The Morgan fingerprint density at radius 3 is 2.24 bits per heavy atom. The van der Waals surface area contributed by atoms with Gasteiger partial charge in [-0.05, 0) is 93.1 Å². The van der Waals surface area contributed by atoms with Gasteiger partial charge in [-0.3, -0.25) is 0 Å². The molecule has 6 rings (SSSR count). The number of anilines is 2. The van der Waals surface area contributed by atoms with E-state index in [1.165, 1.54) is 54.8 Å². The van der Waals surface area contributed by atoms with Gasteiger partial charge in [-0.2, -0.15) is 36.0 Å². The summed E-state index contributed by atoms with van der Waals surface area (Å²) in [5.74, 6) is -1.76. The fourth-order valence-electron chi connectivity index (χ4n) is 5.89. The molecule has 0 bridgehead atoms. The summed E-state index contributed by atoms with van der Waals surface area (Å²) in [5, 5.41) is 6.59. The maximum Gasteiger partial charge on any atom is 0.453 e. The first kappa shape index (κ1) is 28.2. The van der Waals surface area contributed by atoms with Crippen molar-refractivity contribution >= 4 is 11.6 Å². The number of rotatable bonds is 5. The third-order valence-electron chi connectivity index (χ3n) is 7.93. The van der Waals surface area contributed by atoms with Gasteiger partial charge in [0.05, 0.1) is 11.3 Å². The van der Waals surface area contributed by atoms with Gasteiger partial charge in [-0.1, -0.05) is 30.3 Å². The first-order chi connectivity index (χ1) is 20.1. The maximum atomic E-state index is 13.7. The minimum absolute atomic E-state index is 0.0620. The lowest BCUT2D eigenvalue weighted by atomic mass is 10.0. The van der Waals surface area contributed by atoms with Crippen molar-refractivity contribution in [2.24, 2.45) is 0 Å². The van der Waals surface area contributed by atoms with E-state index in [0.29, 0.717) is 11.7 Å². The smallest absolute Gasteiger partial charge is 0.324 e. The van der Waals surface area contributed by atoms with Crippen LogP contribution in [0.3, 0.4) is 0 Å². The molecule has 2 aromatic carbocycles. The number of hydrogen-bond donors (Lipinski definition) is 1. The van der Waals surface area contributed by atoms with Crippen LogP contribution in [0.2, 0.25) is 0 Å². The average molecular weight is 587 g/mol. The van der Waals surface area contributed by atoms with Crippen molar-refractivity contribution in [3.63, 3.8) is 0 Å². The number of fused-ring (bicyclic) bond motifs is 1. The average Bonchev–Trinajstić information content (AvgIpc) is 3.60. The summed E-state index contributed by atoms with van der Waals surface area (Å²) in [4.78, 5) is 10.5. The normalized spacial score (nSPS) is 18.1. The Morgan fingerprint density at radius 2 is 1.50 bits per heavy atom. The fourth-order valence-corrected chi connectivity index (χ4v) is 5.89. The molecule has 1 unspecified atom stereocenters. The third-order valence-corrected chi connectivity index (χ3v) is 7.93. The second-order valence-corrected chi connectivity index (χ2v) is 10.7. The maximum absolute atomic E-state index is 13.7. The van der Waals surface area contributed by atoms with Crippen LogP contribution >= 0.6 is 0 Å². The van der Waals surface area contributed by atoms with Crippen molar-refractivity contribution in [1.82, 2.24) is 24.6 Å². The first-order valence-electron chi connectivity index (χ1n) is 13.9. The Morgan fingerprint density at radius 1 is 0.762 bits per heavy atom. The number of aromatic nitrogens is 4. The molecule has 1 N–H and O–H groups in total. The predicted molar refractivity (Wildman–Crippen MR) is 146 cm³/mol. The number of alkyl halides is 6. The minimum atomic E-state index is -4.85. The second-order valence-electron chi connectivity index (χ2n) is 10.7. The van der Waals surface area contributed by atoms with E-state index in [9.17, 15) is 26.3 Å². The molecule has 220 valence electrons. The summed E-state index contributed by atoms with van der Waals surface area (Å²) >= 11 is 0. The predicted octanol–water partition coefficient (Wildman–Crippen LogP) is 7.45. The lowest BCUT2D eigenvalue weighted by molar-refractivity contribution is -0.144. The summed E-state index contributed by atoms with van der Waals surface area (Å²) in [6.45, 7) is 2.25. The van der Waals surface area contributed by atoms with Crippen LogP contribution in [0, 0.1) is 0 Å². The fraction of sp³-hybridized carbons (Fsp3) is 0.367. The molecular formula is C30H28F6N6. The number of nitrogens with one attached hydrogen (secondary N) is 1. The first-order valence-corrected chi connectivity index (χ1v) is 13.9. The number of nitrogens with zero attached hydrogens (tertiary/aromatic N) is 5. The highest BCUT2D eigenvalue weighted by atomic mass is 19.4. The number of hydrogen-bond acceptors (Lipinski definition) is 5. The van der Waals surface area contributed by atoms with E-state index in [1.54, 1.807) is 6.07 Å². The van der Waals surface area contributed by atoms with Gasteiger partial charge in [0.1, 0.15) is 0 Å². The molecule has 3 heterocycles. The van der Waals surface area contributed by atoms with Crippen molar-refractivity contribution in [2.75, 3.05) is 18.4 Å². The van der Waals surface area contributed by atoms with E-state index in [2.05, 4.69) is 25.3 Å². The van der Waals surface area contributed by atoms with Gasteiger partial charge in [0.2, 0.25) is 5.95 Å². The Bertz CT molecular complexity index is 1570. The van der Waals surface area contributed by atoms with Crippen LogP contribution in [-0.4, -0.2) is 43.8 Å². The molecule has 0 amide bonds. The lowest BCUT2D eigenvalue weighted by Crippen LogP contribution is -2.32. The van der Waals surface area contributed by atoms with E-state index in [0.717, 1.165) is 55.1 Å². The van der Waals surface area contributed by atoms with Gasteiger partial charge in [-0.25, -0.2) is 4.98 Å². The largest absolute Gasteiger partial charge is 0.453 e. The van der Waals surface area contributed by atoms with Crippen LogP contribution < -0.4 is 5.32 Å². The van der Waals surface area contributed by atoms with Crippen molar-refractivity contribution < 1.29 is 26.3 Å². The SMILES string of the molecule is FC(F)(F)c1nc(Nc2ccc3c(c2)CCC(N2CCCC2)CC3)n(-c2cccc(-c3ccccc3C(F)(F)F)n2)n1. The molecule has 1 atom stereocenters. The molecule has 2 aliphatic rings. The number of likely N-dealkylation sites (tertiary alicyclic amines) is 1. The monoisotopic (exact) mass is 586 g/mol. The highest BCUT2D eigenvalue weighted by molar-refractivity contribution is 5.66. The van der Waals surface area contributed by atoms with E-state index < -0.39 is 23.7 Å². The van der Waals surface area contributed by atoms with Crippen molar-refractivity contribution in [1.29, 1.82) is 0 Å². The van der Waals surface area contributed by atoms with E-state index in [1.807, 2.05) is 12.1 Å². The van der Waals surface area contributed by atoms with Crippen LogP contribution in [0.1, 0.15) is 48.2 Å². The standard InChI is InChI=1S/C30H28F6N6/c31-29(32,33)24-7-2-1-6-23(24)25-8-5-9-26(38-25)42-28(39-27(40-42)30(34,35)36)37-21-13-10-19-11-14-22(15-12-20(19)18-21)41-16-3-4-17-41/h1-2,5-10,13,18,22H,3-4,11-12,14-17H2,(H,37,39,40). The molecule has 1 saturated heterocycles. The number of halogens is 6. The molecule has 42 heavy (non-hydrogen) atoms. The number of pyridine rings is 1. The van der Waals surface area contributed by atoms with E-state index >= 15 is 0 Å². The summed E-state index contributed by atoms with van der Waals surface area (Å²) in [6.07, 6.45) is -3.16. The molecule has 1 aliphatic carbocycles. The van der Waals surface area contributed by atoms with Crippen molar-refractivity contribution in [3.05, 3.63) is 83.2 Å². The molecule has 4 aromatic rings. The molecule has 0 radical (unpaired) electrons. The zero-order valence-corrected chi connectivity index (χ0v) is 22.5. The Kier molecular flexibility index (Phi) is 7.42. The summed E-state index contributed by atoms with van der Waals surface area (Å²) < 4.78 is 82.9. The molecule has 6 nitrogen and oxygen atoms in total. The van der Waals surface area contributed by atoms with Crippen LogP contribution in [0.15, 0.2) is 60.7 Å². The molecule has 1 fully saturated rings. The van der Waals surface area contributed by atoms with Gasteiger partial charge in [0, 0.05) is 17.3 Å². The third kappa shape index (κ3) is 5.85. The zero-order valence-electron chi connectivity index (χ0n) is 22.5. The van der Waals surface area contributed by atoms with Crippen LogP contribution in [0.4, 0.5) is 38.0 Å². The molecule has 2 aromatic heterocycles. The van der Waals surface area contributed by atoms with Gasteiger partial charge >= 0.3 is 12.4 Å².